The maximum atomic E-state index is 10.5. The molecule has 0 aromatic carbocycles. The van der Waals surface area contributed by atoms with Crippen LogP contribution in [-0.4, -0.2) is 44.8 Å². The van der Waals surface area contributed by atoms with Crippen LogP contribution in [0, 0.1) is 22.7 Å². The van der Waals surface area contributed by atoms with Crippen molar-refractivity contribution in [1.82, 2.24) is 0 Å². The van der Waals surface area contributed by atoms with E-state index in [1.54, 1.807) is 13.8 Å². The smallest absolute Gasteiger partial charge is 0.0849 e. The molecule has 4 heteroatoms. The second-order valence-corrected chi connectivity index (χ2v) is 12.0. The van der Waals surface area contributed by atoms with Gasteiger partial charge in [-0.05, 0) is 106 Å². The second-order valence-electron chi connectivity index (χ2n) is 12.0. The summed E-state index contributed by atoms with van der Waals surface area (Å²) in [5.41, 5.74) is 2.62. The van der Waals surface area contributed by atoms with E-state index in [2.05, 4.69) is 32.6 Å². The van der Waals surface area contributed by atoms with Crippen LogP contribution < -0.4 is 0 Å². The molecule has 3 aliphatic rings. The largest absolute Gasteiger partial charge is 0.396 e. The molecule has 0 aromatic rings. The summed E-state index contributed by atoms with van der Waals surface area (Å²) in [7, 11) is 0. The van der Waals surface area contributed by atoms with Gasteiger partial charge in [-0.1, -0.05) is 43.7 Å². The Morgan fingerprint density at radius 3 is 2.53 bits per heavy atom. The van der Waals surface area contributed by atoms with E-state index >= 15 is 0 Å². The molecule has 0 aliphatic heterocycles. The summed E-state index contributed by atoms with van der Waals surface area (Å²) >= 11 is 0. The minimum atomic E-state index is -1.12. The van der Waals surface area contributed by atoms with Crippen molar-refractivity contribution < 1.29 is 20.4 Å². The van der Waals surface area contributed by atoms with Gasteiger partial charge in [-0.15, -0.1) is 0 Å². The van der Waals surface area contributed by atoms with Gasteiger partial charge in [0.1, 0.15) is 0 Å². The molecule has 0 aromatic heterocycles. The van der Waals surface area contributed by atoms with Crippen LogP contribution in [0.2, 0.25) is 0 Å². The predicted molar refractivity (Wildman–Crippen MR) is 130 cm³/mol. The van der Waals surface area contributed by atoms with Crippen molar-refractivity contribution in [3.05, 3.63) is 35.5 Å². The Hall–Kier alpha value is -0.940. The Labute approximate surface area is 195 Å². The Balaban J connectivity index is 1.79. The number of hydrogen-bond donors (Lipinski definition) is 4. The molecule has 0 heterocycles. The zero-order valence-electron chi connectivity index (χ0n) is 20.7. The zero-order valence-corrected chi connectivity index (χ0v) is 20.7. The molecular weight excluding hydrogens is 400 g/mol. The lowest BCUT2D eigenvalue weighted by Crippen LogP contribution is -2.44. The van der Waals surface area contributed by atoms with Crippen LogP contribution in [0.4, 0.5) is 0 Å². The van der Waals surface area contributed by atoms with Gasteiger partial charge in [-0.2, -0.15) is 0 Å². The highest BCUT2D eigenvalue weighted by atomic mass is 16.3. The number of aliphatic hydroxyl groups excluding tert-OH is 3. The molecule has 6 atom stereocenters. The van der Waals surface area contributed by atoms with Crippen LogP contribution in [0.1, 0.15) is 91.9 Å². The maximum Gasteiger partial charge on any atom is 0.0849 e. The summed E-state index contributed by atoms with van der Waals surface area (Å²) in [5.74, 6) is 0.909. The topological polar surface area (TPSA) is 80.9 Å². The predicted octanol–water partition coefficient (Wildman–Crippen LogP) is 5.07. The lowest BCUT2D eigenvalue weighted by molar-refractivity contribution is -0.0689. The first kappa shape index (κ1) is 25.7. The van der Waals surface area contributed by atoms with E-state index in [0.29, 0.717) is 31.1 Å². The molecule has 3 rings (SSSR count). The van der Waals surface area contributed by atoms with Crippen LogP contribution in [-0.2, 0) is 0 Å². The first-order valence-electron chi connectivity index (χ1n) is 12.7. The summed E-state index contributed by atoms with van der Waals surface area (Å²) in [6.45, 7) is 12.2. The number of aliphatic hydroxyl groups is 4. The minimum Gasteiger partial charge on any atom is -0.396 e. The normalized spacial score (nSPS) is 36.9. The van der Waals surface area contributed by atoms with Crippen LogP contribution in [0.5, 0.6) is 0 Å². The summed E-state index contributed by atoms with van der Waals surface area (Å²) < 4.78 is 0. The highest BCUT2D eigenvalue weighted by Gasteiger charge is 2.55. The van der Waals surface area contributed by atoms with Crippen LogP contribution >= 0.6 is 0 Å². The molecule has 3 aliphatic carbocycles. The van der Waals surface area contributed by atoms with Crippen LogP contribution in [0.3, 0.4) is 0 Å². The minimum absolute atomic E-state index is 0.110. The highest BCUT2D eigenvalue weighted by molar-refractivity contribution is 5.36. The first-order valence-corrected chi connectivity index (χ1v) is 12.7. The van der Waals surface area contributed by atoms with E-state index in [1.807, 2.05) is 0 Å². The van der Waals surface area contributed by atoms with E-state index in [-0.39, 0.29) is 23.5 Å². The molecule has 0 saturated heterocycles. The molecule has 4 nitrogen and oxygen atoms in total. The molecule has 1 unspecified atom stereocenters. The van der Waals surface area contributed by atoms with Gasteiger partial charge < -0.3 is 20.4 Å². The van der Waals surface area contributed by atoms with Crippen molar-refractivity contribution in [3.63, 3.8) is 0 Å². The zero-order chi connectivity index (χ0) is 23.7. The standard InChI is InChI=1S/C28H46O4/c1-19-8-11-22(30)17-21(19)10-9-20-7-6-15-28(5)23(20)12-13-24(28)27(4,18-29)16-14-25(31)26(2,3)32/h9-10,22-25,29-32H,1,6-8,11-18H2,2-5H3/b20-9?,21-10-/t22-,23?,24+,25+,27+,28-/m0/s1. The summed E-state index contributed by atoms with van der Waals surface area (Å²) in [6, 6.07) is 0. The Bertz CT molecular complexity index is 745. The number of hydrogen-bond acceptors (Lipinski definition) is 4. The fourth-order valence-electron chi connectivity index (χ4n) is 6.96. The molecule has 182 valence electrons. The molecular formula is C28H46O4. The molecule has 32 heavy (non-hydrogen) atoms. The molecule has 3 saturated carbocycles. The third-order valence-electron chi connectivity index (χ3n) is 9.16. The molecule has 4 N–H and O–H groups in total. The Morgan fingerprint density at radius 2 is 1.88 bits per heavy atom. The quantitative estimate of drug-likeness (QED) is 0.440. The molecule has 0 bridgehead atoms. The lowest BCUT2D eigenvalue weighted by atomic mass is 9.56. The third-order valence-corrected chi connectivity index (χ3v) is 9.16. The number of rotatable bonds is 7. The van der Waals surface area contributed by atoms with Crippen LogP contribution in [0.15, 0.2) is 35.5 Å². The van der Waals surface area contributed by atoms with Gasteiger partial charge in [0.25, 0.3) is 0 Å². The van der Waals surface area contributed by atoms with Gasteiger partial charge in [-0.25, -0.2) is 0 Å². The van der Waals surface area contributed by atoms with Crippen molar-refractivity contribution >= 4 is 0 Å². The average Bonchev–Trinajstić information content (AvgIpc) is 3.10. The lowest BCUT2D eigenvalue weighted by Gasteiger charge is -2.49. The fraction of sp³-hybridized carbons (Fsp3) is 0.786. The van der Waals surface area contributed by atoms with Gasteiger partial charge in [0, 0.05) is 6.61 Å². The van der Waals surface area contributed by atoms with E-state index in [1.165, 1.54) is 17.6 Å². The first-order chi connectivity index (χ1) is 14.9. The maximum absolute atomic E-state index is 10.5. The van der Waals surface area contributed by atoms with Gasteiger partial charge in [0.2, 0.25) is 0 Å². The van der Waals surface area contributed by atoms with E-state index < -0.39 is 11.7 Å². The van der Waals surface area contributed by atoms with Crippen molar-refractivity contribution in [1.29, 1.82) is 0 Å². The van der Waals surface area contributed by atoms with Gasteiger partial charge in [-0.3, -0.25) is 0 Å². The molecule has 0 radical (unpaired) electrons. The van der Waals surface area contributed by atoms with Crippen molar-refractivity contribution in [2.45, 2.75) is 110 Å². The van der Waals surface area contributed by atoms with Crippen LogP contribution in [0.25, 0.3) is 0 Å². The average molecular weight is 447 g/mol. The third kappa shape index (κ3) is 5.24. The van der Waals surface area contributed by atoms with E-state index in [9.17, 15) is 20.4 Å². The summed E-state index contributed by atoms with van der Waals surface area (Å²) in [5, 5.41) is 41.1. The molecule has 3 fully saturated rings. The van der Waals surface area contributed by atoms with E-state index in [4.69, 9.17) is 0 Å². The summed E-state index contributed by atoms with van der Waals surface area (Å²) in [4.78, 5) is 0. The van der Waals surface area contributed by atoms with Gasteiger partial charge >= 0.3 is 0 Å². The SMILES string of the molecule is C=C1CC[C@H](O)C/C1=C/C=C1CCC[C@@]2(C)C1CC[C@@H]2[C@@](C)(CO)CC[C@@H](O)C(C)(C)O. The number of allylic oxidation sites excluding steroid dienone is 4. The second kappa shape index (κ2) is 9.74. The van der Waals surface area contributed by atoms with E-state index in [0.717, 1.165) is 44.1 Å². The summed E-state index contributed by atoms with van der Waals surface area (Å²) in [6.07, 6.45) is 12.8. The molecule has 0 spiro atoms. The van der Waals surface area contributed by atoms with Gasteiger partial charge in [0.15, 0.2) is 0 Å². The van der Waals surface area contributed by atoms with Crippen molar-refractivity contribution in [3.8, 4) is 0 Å². The van der Waals surface area contributed by atoms with Gasteiger partial charge in [0.05, 0.1) is 17.8 Å². The monoisotopic (exact) mass is 446 g/mol. The highest BCUT2D eigenvalue weighted by Crippen LogP contribution is 2.62. The number of fused-ring (bicyclic) bond motifs is 1. The Kier molecular flexibility index (Phi) is 7.81. The van der Waals surface area contributed by atoms with Crippen molar-refractivity contribution in [2.75, 3.05) is 6.61 Å². The molecule has 0 amide bonds. The van der Waals surface area contributed by atoms with Crippen molar-refractivity contribution in [2.24, 2.45) is 22.7 Å². The fourth-order valence-corrected chi connectivity index (χ4v) is 6.96. The Morgan fingerprint density at radius 1 is 1.16 bits per heavy atom.